The zero-order valence-electron chi connectivity index (χ0n) is 14.4. The van der Waals surface area contributed by atoms with Gasteiger partial charge in [-0.2, -0.15) is 0 Å². The van der Waals surface area contributed by atoms with Gasteiger partial charge >= 0.3 is 0 Å². The van der Waals surface area contributed by atoms with Gasteiger partial charge in [-0.05, 0) is 42.5 Å². The molecule has 6 nitrogen and oxygen atoms in total. The Morgan fingerprint density at radius 3 is 2.20 bits per heavy atom. The van der Waals surface area contributed by atoms with Crippen LogP contribution in [0.1, 0.15) is 10.4 Å². The zero-order chi connectivity index (χ0) is 18.8. The lowest BCUT2D eigenvalue weighted by molar-refractivity contribution is 0.0993. The maximum atomic E-state index is 12.7. The molecule has 8 heteroatoms. The van der Waals surface area contributed by atoms with E-state index in [2.05, 4.69) is 0 Å². The van der Waals surface area contributed by atoms with Gasteiger partial charge in [0, 0.05) is 25.3 Å². The molecule has 0 aliphatic heterocycles. The minimum atomic E-state index is -3.49. The molecule has 0 fully saturated rings. The molecule has 0 bridgehead atoms. The van der Waals surface area contributed by atoms with Gasteiger partial charge in [0.1, 0.15) is 5.75 Å². The second-order valence-corrected chi connectivity index (χ2v) is 7.88. The second kappa shape index (κ2) is 7.33. The molecule has 0 saturated carbocycles. The average molecular weight is 383 g/mol. The van der Waals surface area contributed by atoms with E-state index in [-0.39, 0.29) is 16.6 Å². The first-order valence-electron chi connectivity index (χ1n) is 7.30. The molecule has 134 valence electrons. The lowest BCUT2D eigenvalue weighted by Gasteiger charge is -2.21. The first-order valence-corrected chi connectivity index (χ1v) is 9.53. The third-order valence-electron chi connectivity index (χ3n) is 3.79. The van der Waals surface area contributed by atoms with Gasteiger partial charge in [0.25, 0.3) is 5.91 Å². The Kier molecular flexibility index (Phi) is 5.59. The summed E-state index contributed by atoms with van der Waals surface area (Å²) >= 11 is 6.09. The summed E-state index contributed by atoms with van der Waals surface area (Å²) in [5, 5.41) is 0.247. The van der Waals surface area contributed by atoms with Gasteiger partial charge in [-0.25, -0.2) is 8.42 Å². The van der Waals surface area contributed by atoms with E-state index in [0.29, 0.717) is 17.0 Å². The Bertz CT molecular complexity index is 882. The van der Waals surface area contributed by atoms with Crippen molar-refractivity contribution in [3.05, 3.63) is 53.1 Å². The molecular formula is C17H19ClN2O4S. The van der Waals surface area contributed by atoms with Crippen LogP contribution in [0.5, 0.6) is 5.75 Å². The minimum Gasteiger partial charge on any atom is -0.497 e. The van der Waals surface area contributed by atoms with Gasteiger partial charge in [0.05, 0.1) is 24.1 Å². The highest BCUT2D eigenvalue weighted by molar-refractivity contribution is 7.92. The fourth-order valence-corrected chi connectivity index (χ4v) is 2.99. The Hall–Kier alpha value is -2.25. The Morgan fingerprint density at radius 1 is 1.08 bits per heavy atom. The molecule has 0 N–H and O–H groups in total. The molecule has 25 heavy (non-hydrogen) atoms. The topological polar surface area (TPSA) is 66.9 Å². The molecule has 0 saturated heterocycles. The van der Waals surface area contributed by atoms with Crippen molar-refractivity contribution in [2.75, 3.05) is 36.7 Å². The highest BCUT2D eigenvalue weighted by Crippen LogP contribution is 2.29. The van der Waals surface area contributed by atoms with Crippen LogP contribution in [0.25, 0.3) is 0 Å². The number of benzene rings is 2. The van der Waals surface area contributed by atoms with Crippen molar-refractivity contribution in [2.24, 2.45) is 0 Å². The van der Waals surface area contributed by atoms with Crippen molar-refractivity contribution in [1.82, 2.24) is 0 Å². The van der Waals surface area contributed by atoms with Crippen molar-refractivity contribution in [3.8, 4) is 5.75 Å². The van der Waals surface area contributed by atoms with Crippen LogP contribution in [0, 0.1) is 0 Å². The highest BCUT2D eigenvalue weighted by Gasteiger charge is 2.19. The van der Waals surface area contributed by atoms with Crippen LogP contribution >= 0.6 is 11.6 Å². The number of hydrogen-bond donors (Lipinski definition) is 0. The molecule has 0 atom stereocenters. The van der Waals surface area contributed by atoms with Gasteiger partial charge in [-0.15, -0.1) is 0 Å². The number of amides is 1. The van der Waals surface area contributed by atoms with Crippen molar-refractivity contribution in [2.45, 2.75) is 0 Å². The van der Waals surface area contributed by atoms with Crippen LogP contribution < -0.4 is 13.9 Å². The number of anilines is 2. The van der Waals surface area contributed by atoms with Crippen molar-refractivity contribution in [3.63, 3.8) is 0 Å². The number of carbonyl (C=O) groups excluding carboxylic acids is 1. The third kappa shape index (κ3) is 4.24. The van der Waals surface area contributed by atoms with E-state index in [1.54, 1.807) is 44.5 Å². The third-order valence-corrected chi connectivity index (χ3v) is 5.31. The zero-order valence-corrected chi connectivity index (χ0v) is 15.9. The van der Waals surface area contributed by atoms with Crippen molar-refractivity contribution in [1.29, 1.82) is 0 Å². The molecule has 0 aliphatic carbocycles. The van der Waals surface area contributed by atoms with Gasteiger partial charge in [0.2, 0.25) is 10.0 Å². The van der Waals surface area contributed by atoms with E-state index in [4.69, 9.17) is 16.3 Å². The van der Waals surface area contributed by atoms with Crippen LogP contribution in [0.2, 0.25) is 5.02 Å². The van der Waals surface area contributed by atoms with E-state index < -0.39 is 10.0 Å². The molecule has 0 heterocycles. The van der Waals surface area contributed by atoms with E-state index in [1.807, 2.05) is 0 Å². The summed E-state index contributed by atoms with van der Waals surface area (Å²) < 4.78 is 29.6. The molecule has 0 radical (unpaired) electrons. The lowest BCUT2D eigenvalue weighted by Crippen LogP contribution is -2.28. The predicted octanol–water partition coefficient (Wildman–Crippen LogP) is 3.02. The molecule has 2 rings (SSSR count). The van der Waals surface area contributed by atoms with Crippen LogP contribution in [0.3, 0.4) is 0 Å². The Labute approximate surface area is 152 Å². The molecule has 1 amide bonds. The maximum Gasteiger partial charge on any atom is 0.258 e. The van der Waals surface area contributed by atoms with Gasteiger partial charge in [0.15, 0.2) is 0 Å². The molecule has 0 unspecified atom stereocenters. The first kappa shape index (κ1) is 19.1. The molecule has 0 spiro atoms. The summed E-state index contributed by atoms with van der Waals surface area (Å²) in [5.41, 5.74) is 1.25. The summed E-state index contributed by atoms with van der Waals surface area (Å²) in [6.07, 6.45) is 1.07. The fraction of sp³-hybridized carbons (Fsp3) is 0.235. The number of sulfonamides is 1. The number of rotatable bonds is 5. The summed E-state index contributed by atoms with van der Waals surface area (Å²) in [6.45, 7) is 0. The van der Waals surface area contributed by atoms with Crippen molar-refractivity contribution >= 4 is 38.9 Å². The average Bonchev–Trinajstić information content (AvgIpc) is 2.59. The van der Waals surface area contributed by atoms with E-state index in [0.717, 1.165) is 10.6 Å². The van der Waals surface area contributed by atoms with Crippen LogP contribution in [-0.4, -0.2) is 41.8 Å². The second-order valence-electron chi connectivity index (χ2n) is 5.46. The van der Waals surface area contributed by atoms with E-state index in [9.17, 15) is 13.2 Å². The molecule has 0 aliphatic rings. The number of carbonyl (C=O) groups is 1. The van der Waals surface area contributed by atoms with Crippen LogP contribution in [0.4, 0.5) is 11.4 Å². The Morgan fingerprint density at radius 2 is 1.68 bits per heavy atom. The SMILES string of the molecule is COc1ccc(N(C)C(=O)c2ccc(Cl)c(N(C)S(C)(=O)=O)c2)cc1. The van der Waals surface area contributed by atoms with Crippen LogP contribution in [0.15, 0.2) is 42.5 Å². The van der Waals surface area contributed by atoms with Crippen molar-refractivity contribution < 1.29 is 17.9 Å². The highest BCUT2D eigenvalue weighted by atomic mass is 35.5. The quantitative estimate of drug-likeness (QED) is 0.797. The number of ether oxygens (including phenoxy) is 1. The standard InChI is InChI=1S/C17H19ClN2O4S/c1-19(13-6-8-14(24-3)9-7-13)17(21)12-5-10-15(18)16(11-12)20(2)25(4,22)23/h5-11H,1-4H3. The van der Waals surface area contributed by atoms with E-state index >= 15 is 0 Å². The number of nitrogens with zero attached hydrogens (tertiary/aromatic N) is 2. The van der Waals surface area contributed by atoms with Gasteiger partial charge < -0.3 is 9.64 Å². The molecule has 2 aromatic rings. The summed E-state index contributed by atoms with van der Waals surface area (Å²) in [7, 11) is 1.10. The lowest BCUT2D eigenvalue weighted by atomic mass is 10.1. The monoisotopic (exact) mass is 382 g/mol. The maximum absolute atomic E-state index is 12.7. The summed E-state index contributed by atoms with van der Waals surface area (Å²) in [6, 6.07) is 11.6. The minimum absolute atomic E-state index is 0.247. The normalized spacial score (nSPS) is 11.1. The fourth-order valence-electron chi connectivity index (χ4n) is 2.18. The molecule has 0 aromatic heterocycles. The number of methoxy groups -OCH3 is 1. The molecule has 2 aromatic carbocycles. The number of hydrogen-bond acceptors (Lipinski definition) is 4. The van der Waals surface area contributed by atoms with Crippen LogP contribution in [-0.2, 0) is 10.0 Å². The smallest absolute Gasteiger partial charge is 0.258 e. The number of halogens is 1. The summed E-state index contributed by atoms with van der Waals surface area (Å²) in [5.74, 6) is 0.401. The molecular weight excluding hydrogens is 364 g/mol. The predicted molar refractivity (Wildman–Crippen MR) is 100 cm³/mol. The van der Waals surface area contributed by atoms with Gasteiger partial charge in [-0.1, -0.05) is 11.6 Å². The first-order chi connectivity index (χ1) is 11.6. The Balaban J connectivity index is 2.35. The summed E-state index contributed by atoms with van der Waals surface area (Å²) in [4.78, 5) is 14.2. The van der Waals surface area contributed by atoms with E-state index in [1.165, 1.54) is 24.1 Å². The largest absolute Gasteiger partial charge is 0.497 e. The van der Waals surface area contributed by atoms with Gasteiger partial charge in [-0.3, -0.25) is 9.10 Å².